The van der Waals surface area contributed by atoms with E-state index in [1.54, 1.807) is 6.07 Å². The van der Waals surface area contributed by atoms with Gasteiger partial charge in [0, 0.05) is 12.0 Å². The molecule has 0 aliphatic carbocycles. The maximum Gasteiger partial charge on any atom is 0.123 e. The minimum atomic E-state index is -0.212. The monoisotopic (exact) mass is 243 g/mol. The average molecular weight is 243 g/mol. The van der Waals surface area contributed by atoms with Gasteiger partial charge in [-0.2, -0.15) is 0 Å². The van der Waals surface area contributed by atoms with Crippen molar-refractivity contribution >= 4 is 0 Å². The van der Waals surface area contributed by atoms with E-state index in [0.29, 0.717) is 0 Å². The maximum atomic E-state index is 13.1. The highest BCUT2D eigenvalue weighted by Gasteiger charge is 2.18. The van der Waals surface area contributed by atoms with E-state index in [4.69, 9.17) is 5.73 Å². The normalized spacial score (nSPS) is 14.2. The van der Waals surface area contributed by atoms with Crippen LogP contribution < -0.4 is 5.73 Å². The zero-order chi connectivity index (χ0) is 13.1. The molecule has 1 nitrogen and oxygen atoms in total. The van der Waals surface area contributed by atoms with Crippen molar-refractivity contribution < 1.29 is 4.39 Å². The molecule has 0 saturated carbocycles. The van der Waals surface area contributed by atoms with Crippen molar-refractivity contribution in [3.05, 3.63) is 71.0 Å². The van der Waals surface area contributed by atoms with Gasteiger partial charge in [0.25, 0.3) is 0 Å². The molecule has 0 aromatic heterocycles. The van der Waals surface area contributed by atoms with E-state index < -0.39 is 0 Å². The van der Waals surface area contributed by atoms with E-state index in [-0.39, 0.29) is 17.8 Å². The Morgan fingerprint density at radius 3 is 2.33 bits per heavy atom. The molecule has 2 aromatic rings. The number of hydrogen-bond donors (Lipinski definition) is 1. The molecule has 0 fully saturated rings. The van der Waals surface area contributed by atoms with Crippen LogP contribution in [0.1, 0.15) is 35.6 Å². The molecular weight excluding hydrogens is 225 g/mol. The molecule has 0 aliphatic rings. The van der Waals surface area contributed by atoms with Crippen LogP contribution in [0.5, 0.6) is 0 Å². The van der Waals surface area contributed by atoms with Gasteiger partial charge in [-0.15, -0.1) is 0 Å². The molecule has 2 heteroatoms. The molecule has 0 heterocycles. The second kappa shape index (κ2) is 5.32. The van der Waals surface area contributed by atoms with Crippen molar-refractivity contribution in [3.63, 3.8) is 0 Å². The molecule has 0 saturated heterocycles. The lowest BCUT2D eigenvalue weighted by molar-refractivity contribution is 0.587. The second-order valence-electron chi connectivity index (χ2n) is 4.73. The quantitative estimate of drug-likeness (QED) is 0.868. The van der Waals surface area contributed by atoms with Crippen molar-refractivity contribution in [2.75, 3.05) is 0 Å². The fourth-order valence-electron chi connectivity index (χ4n) is 2.25. The van der Waals surface area contributed by atoms with E-state index in [1.165, 1.54) is 17.7 Å². The van der Waals surface area contributed by atoms with Gasteiger partial charge in [-0.3, -0.25) is 0 Å². The second-order valence-corrected chi connectivity index (χ2v) is 4.73. The molecule has 0 radical (unpaired) electrons. The van der Waals surface area contributed by atoms with Crippen LogP contribution in [-0.2, 0) is 0 Å². The Bertz CT molecular complexity index is 522. The Labute approximate surface area is 107 Å². The minimum Gasteiger partial charge on any atom is -0.323 e. The predicted octanol–water partition coefficient (Wildman–Crippen LogP) is 3.94. The number of nitrogens with two attached hydrogens (primary N) is 1. The van der Waals surface area contributed by atoms with Crippen molar-refractivity contribution in [1.82, 2.24) is 0 Å². The van der Waals surface area contributed by atoms with Gasteiger partial charge in [0.05, 0.1) is 0 Å². The number of benzene rings is 2. The Hall–Kier alpha value is -1.67. The lowest BCUT2D eigenvalue weighted by Gasteiger charge is -2.22. The van der Waals surface area contributed by atoms with Crippen LogP contribution in [0.4, 0.5) is 4.39 Å². The Kier molecular flexibility index (Phi) is 3.78. The highest BCUT2D eigenvalue weighted by Crippen LogP contribution is 2.30. The van der Waals surface area contributed by atoms with Gasteiger partial charge in [-0.05, 0) is 35.7 Å². The lowest BCUT2D eigenvalue weighted by atomic mass is 9.87. The van der Waals surface area contributed by atoms with E-state index >= 15 is 0 Å². The highest BCUT2D eigenvalue weighted by atomic mass is 19.1. The van der Waals surface area contributed by atoms with Crippen molar-refractivity contribution in [3.8, 4) is 0 Å². The molecule has 2 rings (SSSR count). The molecule has 2 N–H and O–H groups in total. The van der Waals surface area contributed by atoms with E-state index in [2.05, 4.69) is 19.1 Å². The summed E-state index contributed by atoms with van der Waals surface area (Å²) in [4.78, 5) is 0. The van der Waals surface area contributed by atoms with Crippen molar-refractivity contribution in [2.45, 2.75) is 25.8 Å². The summed E-state index contributed by atoms with van der Waals surface area (Å²) in [6.45, 7) is 4.00. The van der Waals surface area contributed by atoms with Gasteiger partial charge in [0.15, 0.2) is 0 Å². The third-order valence-corrected chi connectivity index (χ3v) is 3.45. The van der Waals surface area contributed by atoms with E-state index in [9.17, 15) is 4.39 Å². The SMILES string of the molecule is Cc1cc(F)ccc1C(N)C(C)c1ccccc1. The largest absolute Gasteiger partial charge is 0.323 e. The third kappa shape index (κ3) is 2.59. The van der Waals surface area contributed by atoms with E-state index in [1.807, 2.05) is 25.1 Å². The Balaban J connectivity index is 2.28. The highest BCUT2D eigenvalue weighted by molar-refractivity contribution is 5.33. The molecule has 18 heavy (non-hydrogen) atoms. The first-order chi connectivity index (χ1) is 8.59. The summed E-state index contributed by atoms with van der Waals surface area (Å²) >= 11 is 0. The van der Waals surface area contributed by atoms with Crippen LogP contribution in [0.25, 0.3) is 0 Å². The van der Waals surface area contributed by atoms with Crippen LogP contribution in [0.2, 0.25) is 0 Å². The molecule has 0 aliphatic heterocycles. The van der Waals surface area contributed by atoms with Gasteiger partial charge in [-0.25, -0.2) is 4.39 Å². The molecule has 94 valence electrons. The zero-order valence-corrected chi connectivity index (χ0v) is 10.7. The predicted molar refractivity (Wildman–Crippen MR) is 72.9 cm³/mol. The molecule has 0 spiro atoms. The zero-order valence-electron chi connectivity index (χ0n) is 10.7. The summed E-state index contributed by atoms with van der Waals surface area (Å²) < 4.78 is 13.1. The van der Waals surface area contributed by atoms with Gasteiger partial charge in [-0.1, -0.05) is 43.3 Å². The lowest BCUT2D eigenvalue weighted by Crippen LogP contribution is -2.18. The van der Waals surface area contributed by atoms with E-state index in [0.717, 1.165) is 11.1 Å². The fraction of sp³-hybridized carbons (Fsp3) is 0.250. The van der Waals surface area contributed by atoms with Gasteiger partial charge >= 0.3 is 0 Å². The summed E-state index contributed by atoms with van der Waals surface area (Å²) in [5.74, 6) is -0.00817. The molecular formula is C16H18FN. The summed E-state index contributed by atoms with van der Waals surface area (Å²) in [5, 5.41) is 0. The molecule has 2 atom stereocenters. The Morgan fingerprint density at radius 2 is 1.72 bits per heavy atom. The standard InChI is InChI=1S/C16H18FN/c1-11-10-14(17)8-9-15(11)16(18)12(2)13-6-4-3-5-7-13/h3-10,12,16H,18H2,1-2H3. The molecule has 2 unspecified atom stereocenters. The third-order valence-electron chi connectivity index (χ3n) is 3.45. The number of hydrogen-bond acceptors (Lipinski definition) is 1. The van der Waals surface area contributed by atoms with Gasteiger partial charge < -0.3 is 5.73 Å². The molecule has 2 aromatic carbocycles. The van der Waals surface area contributed by atoms with Gasteiger partial charge in [0.1, 0.15) is 5.82 Å². The van der Waals surface area contributed by atoms with Crippen LogP contribution in [-0.4, -0.2) is 0 Å². The number of halogens is 1. The van der Waals surface area contributed by atoms with Crippen molar-refractivity contribution in [1.29, 1.82) is 0 Å². The maximum absolute atomic E-state index is 13.1. The topological polar surface area (TPSA) is 26.0 Å². The summed E-state index contributed by atoms with van der Waals surface area (Å²) in [6.07, 6.45) is 0. The van der Waals surface area contributed by atoms with Crippen LogP contribution in [0.15, 0.2) is 48.5 Å². The minimum absolute atomic E-state index is 0.118. The van der Waals surface area contributed by atoms with Crippen LogP contribution in [0, 0.1) is 12.7 Å². The fourth-order valence-corrected chi connectivity index (χ4v) is 2.25. The smallest absolute Gasteiger partial charge is 0.123 e. The van der Waals surface area contributed by atoms with Crippen molar-refractivity contribution in [2.24, 2.45) is 5.73 Å². The van der Waals surface area contributed by atoms with Gasteiger partial charge in [0.2, 0.25) is 0 Å². The summed E-state index contributed by atoms with van der Waals surface area (Å²) in [6, 6.07) is 14.8. The summed E-state index contributed by atoms with van der Waals surface area (Å²) in [7, 11) is 0. The number of rotatable bonds is 3. The first-order valence-electron chi connectivity index (χ1n) is 6.16. The number of aryl methyl sites for hydroxylation is 1. The average Bonchev–Trinajstić information content (AvgIpc) is 2.38. The molecule has 0 bridgehead atoms. The van der Waals surface area contributed by atoms with Crippen LogP contribution in [0.3, 0.4) is 0 Å². The first-order valence-corrected chi connectivity index (χ1v) is 6.16. The first kappa shape index (κ1) is 12.8. The Morgan fingerprint density at radius 1 is 1.06 bits per heavy atom. The summed E-state index contributed by atoms with van der Waals surface area (Å²) in [5.41, 5.74) is 9.42. The van der Waals surface area contributed by atoms with Crippen LogP contribution >= 0.6 is 0 Å². The molecule has 0 amide bonds.